The molecule has 0 aliphatic heterocycles. The second-order valence-electron chi connectivity index (χ2n) is 3.19. The molecule has 0 unspecified atom stereocenters. The minimum atomic E-state index is 0.537. The first-order chi connectivity index (χ1) is 6.77. The average molecular weight is 204 g/mol. The van der Waals surface area contributed by atoms with Gasteiger partial charge >= 0.3 is 0 Å². The number of aryl methyl sites for hydroxylation is 1. The van der Waals surface area contributed by atoms with Crippen molar-refractivity contribution < 1.29 is 0 Å². The van der Waals surface area contributed by atoms with E-state index in [-0.39, 0.29) is 0 Å². The van der Waals surface area contributed by atoms with E-state index in [1.54, 1.807) is 6.20 Å². The molecule has 0 aliphatic carbocycles. The lowest BCUT2D eigenvalue weighted by Gasteiger charge is -2.05. The third-order valence-corrected chi connectivity index (χ3v) is 2.36. The fraction of sp³-hybridized carbons (Fsp3) is 0.0833. The van der Waals surface area contributed by atoms with E-state index in [0.29, 0.717) is 5.15 Å². The van der Waals surface area contributed by atoms with Crippen molar-refractivity contribution in [2.75, 3.05) is 0 Å². The molecular formula is C12H10ClN. The quantitative estimate of drug-likeness (QED) is 0.644. The van der Waals surface area contributed by atoms with Crippen molar-refractivity contribution >= 4 is 11.6 Å². The molecule has 2 aromatic rings. The molecule has 0 spiro atoms. The van der Waals surface area contributed by atoms with Crippen molar-refractivity contribution in [2.45, 2.75) is 6.92 Å². The zero-order valence-electron chi connectivity index (χ0n) is 7.87. The Morgan fingerprint density at radius 1 is 1.14 bits per heavy atom. The van der Waals surface area contributed by atoms with Crippen LogP contribution in [-0.2, 0) is 0 Å². The number of nitrogens with zero attached hydrogens (tertiary/aromatic N) is 1. The van der Waals surface area contributed by atoms with Gasteiger partial charge in [-0.05, 0) is 29.7 Å². The molecule has 0 N–H and O–H groups in total. The summed E-state index contributed by atoms with van der Waals surface area (Å²) in [5.74, 6) is 0. The summed E-state index contributed by atoms with van der Waals surface area (Å²) in [5.41, 5.74) is 3.46. The van der Waals surface area contributed by atoms with Gasteiger partial charge in [-0.2, -0.15) is 0 Å². The predicted octanol–water partition coefficient (Wildman–Crippen LogP) is 3.71. The van der Waals surface area contributed by atoms with Gasteiger partial charge in [0.1, 0.15) is 5.15 Å². The topological polar surface area (TPSA) is 12.9 Å². The molecular weight excluding hydrogens is 194 g/mol. The largest absolute Gasteiger partial charge is 0.244 e. The van der Waals surface area contributed by atoms with Gasteiger partial charge in [-0.15, -0.1) is 0 Å². The number of hydrogen-bond donors (Lipinski definition) is 0. The normalized spacial score (nSPS) is 10.1. The van der Waals surface area contributed by atoms with Crippen molar-refractivity contribution in [3.8, 4) is 11.1 Å². The second kappa shape index (κ2) is 3.81. The Morgan fingerprint density at radius 3 is 2.57 bits per heavy atom. The van der Waals surface area contributed by atoms with E-state index < -0.39 is 0 Å². The Labute approximate surface area is 88.4 Å². The zero-order chi connectivity index (χ0) is 9.97. The van der Waals surface area contributed by atoms with E-state index in [0.717, 1.165) is 11.1 Å². The highest BCUT2D eigenvalue weighted by Gasteiger charge is 2.02. The number of pyridine rings is 1. The van der Waals surface area contributed by atoms with Crippen LogP contribution < -0.4 is 0 Å². The fourth-order valence-corrected chi connectivity index (χ4v) is 1.58. The molecule has 1 nitrogen and oxygen atoms in total. The van der Waals surface area contributed by atoms with Crippen LogP contribution in [0.3, 0.4) is 0 Å². The standard InChI is InChI=1S/C12H10ClN/c1-9-8-14-12(13)7-11(9)10-5-3-2-4-6-10/h2-8H,1H3. The summed E-state index contributed by atoms with van der Waals surface area (Å²) in [5, 5.41) is 0.537. The fourth-order valence-electron chi connectivity index (χ4n) is 1.43. The lowest BCUT2D eigenvalue weighted by atomic mass is 10.0. The number of hydrogen-bond acceptors (Lipinski definition) is 1. The first-order valence-corrected chi connectivity index (χ1v) is 4.83. The maximum atomic E-state index is 5.86. The van der Waals surface area contributed by atoms with Gasteiger partial charge in [0.15, 0.2) is 0 Å². The van der Waals surface area contributed by atoms with Crippen LogP contribution in [0.4, 0.5) is 0 Å². The number of rotatable bonds is 1. The van der Waals surface area contributed by atoms with Crippen LogP contribution in [0.15, 0.2) is 42.6 Å². The average Bonchev–Trinajstić information content (AvgIpc) is 2.23. The molecule has 0 radical (unpaired) electrons. The third-order valence-electron chi connectivity index (χ3n) is 2.15. The van der Waals surface area contributed by atoms with Crippen LogP contribution in [0.2, 0.25) is 5.15 Å². The molecule has 14 heavy (non-hydrogen) atoms. The molecule has 1 aromatic heterocycles. The maximum Gasteiger partial charge on any atom is 0.129 e. The summed E-state index contributed by atoms with van der Waals surface area (Å²) >= 11 is 5.86. The summed E-state index contributed by atoms with van der Waals surface area (Å²) in [6.07, 6.45) is 1.80. The predicted molar refractivity (Wildman–Crippen MR) is 59.4 cm³/mol. The van der Waals surface area contributed by atoms with E-state index in [1.165, 1.54) is 5.56 Å². The summed E-state index contributed by atoms with van der Waals surface area (Å²) in [6, 6.07) is 12.1. The highest BCUT2D eigenvalue weighted by atomic mass is 35.5. The van der Waals surface area contributed by atoms with Crippen LogP contribution in [0.1, 0.15) is 5.56 Å². The van der Waals surface area contributed by atoms with Gasteiger partial charge in [0.25, 0.3) is 0 Å². The molecule has 0 atom stereocenters. The molecule has 0 amide bonds. The van der Waals surface area contributed by atoms with E-state index in [9.17, 15) is 0 Å². The molecule has 0 aliphatic rings. The SMILES string of the molecule is Cc1cnc(Cl)cc1-c1ccccc1. The first-order valence-electron chi connectivity index (χ1n) is 4.45. The van der Waals surface area contributed by atoms with Crippen molar-refractivity contribution in [3.63, 3.8) is 0 Å². The summed E-state index contributed by atoms with van der Waals surface area (Å²) in [7, 11) is 0. The summed E-state index contributed by atoms with van der Waals surface area (Å²) in [6.45, 7) is 2.03. The van der Waals surface area contributed by atoms with Crippen molar-refractivity contribution in [1.82, 2.24) is 4.98 Å². The molecule has 1 aromatic carbocycles. The van der Waals surface area contributed by atoms with Gasteiger partial charge in [0.2, 0.25) is 0 Å². The molecule has 0 saturated heterocycles. The molecule has 1 heterocycles. The number of aromatic nitrogens is 1. The highest BCUT2D eigenvalue weighted by Crippen LogP contribution is 2.24. The summed E-state index contributed by atoms with van der Waals surface area (Å²) in [4.78, 5) is 4.03. The molecule has 0 saturated carbocycles. The first kappa shape index (κ1) is 9.22. The van der Waals surface area contributed by atoms with Gasteiger partial charge in [-0.25, -0.2) is 4.98 Å². The second-order valence-corrected chi connectivity index (χ2v) is 3.58. The minimum Gasteiger partial charge on any atom is -0.244 e. The maximum absolute atomic E-state index is 5.86. The zero-order valence-corrected chi connectivity index (χ0v) is 8.62. The van der Waals surface area contributed by atoms with Crippen molar-refractivity contribution in [3.05, 3.63) is 53.3 Å². The van der Waals surface area contributed by atoms with Crippen molar-refractivity contribution in [1.29, 1.82) is 0 Å². The monoisotopic (exact) mass is 203 g/mol. The van der Waals surface area contributed by atoms with E-state index >= 15 is 0 Å². The molecule has 2 heteroatoms. The van der Waals surface area contributed by atoms with Crippen molar-refractivity contribution in [2.24, 2.45) is 0 Å². The van der Waals surface area contributed by atoms with Gasteiger partial charge < -0.3 is 0 Å². The lowest BCUT2D eigenvalue weighted by Crippen LogP contribution is -1.85. The van der Waals surface area contributed by atoms with Gasteiger partial charge in [0.05, 0.1) is 0 Å². The lowest BCUT2D eigenvalue weighted by molar-refractivity contribution is 1.27. The summed E-state index contributed by atoms with van der Waals surface area (Å²) < 4.78 is 0. The van der Waals surface area contributed by atoms with Gasteiger partial charge in [0, 0.05) is 6.20 Å². The number of benzene rings is 1. The molecule has 0 fully saturated rings. The van der Waals surface area contributed by atoms with E-state index in [1.807, 2.05) is 31.2 Å². The minimum absolute atomic E-state index is 0.537. The molecule has 2 rings (SSSR count). The highest BCUT2D eigenvalue weighted by molar-refractivity contribution is 6.29. The van der Waals surface area contributed by atoms with E-state index in [2.05, 4.69) is 17.1 Å². The van der Waals surface area contributed by atoms with Crippen LogP contribution in [0.25, 0.3) is 11.1 Å². The molecule has 0 bridgehead atoms. The van der Waals surface area contributed by atoms with E-state index in [4.69, 9.17) is 11.6 Å². The third kappa shape index (κ3) is 1.78. The van der Waals surface area contributed by atoms with Crippen LogP contribution in [-0.4, -0.2) is 4.98 Å². The Morgan fingerprint density at radius 2 is 1.86 bits per heavy atom. The number of halogens is 1. The Kier molecular flexibility index (Phi) is 2.51. The van der Waals surface area contributed by atoms with Crippen LogP contribution in [0, 0.1) is 6.92 Å². The van der Waals surface area contributed by atoms with Crippen LogP contribution >= 0.6 is 11.6 Å². The van der Waals surface area contributed by atoms with Gasteiger partial charge in [-0.1, -0.05) is 41.9 Å². The molecule has 70 valence electrons. The Balaban J connectivity index is 2.57. The smallest absolute Gasteiger partial charge is 0.129 e. The van der Waals surface area contributed by atoms with Crippen LogP contribution in [0.5, 0.6) is 0 Å². The Hall–Kier alpha value is -1.34. The Bertz CT molecular complexity index is 437. The van der Waals surface area contributed by atoms with Gasteiger partial charge in [-0.3, -0.25) is 0 Å².